The van der Waals surface area contributed by atoms with Gasteiger partial charge in [0.05, 0.1) is 0 Å². The van der Waals surface area contributed by atoms with Crippen LogP contribution in [0.1, 0.15) is 101 Å². The van der Waals surface area contributed by atoms with E-state index in [1.807, 2.05) is 0 Å². The van der Waals surface area contributed by atoms with Gasteiger partial charge in [-0.3, -0.25) is 4.79 Å². The number of amides is 1. The van der Waals surface area contributed by atoms with Crippen molar-refractivity contribution < 1.29 is 4.79 Å². The van der Waals surface area contributed by atoms with E-state index in [0.717, 1.165) is 29.7 Å². The second-order valence-corrected chi connectivity index (χ2v) is 8.47. The first kappa shape index (κ1) is 24.6. The van der Waals surface area contributed by atoms with Crippen molar-refractivity contribution in [2.24, 2.45) is 0 Å². The van der Waals surface area contributed by atoms with E-state index in [9.17, 15) is 4.79 Å². The molecule has 0 aliphatic rings. The summed E-state index contributed by atoms with van der Waals surface area (Å²) in [4.78, 5) is 12.1. The summed E-state index contributed by atoms with van der Waals surface area (Å²) in [7, 11) is 0. The molecule has 0 aliphatic heterocycles. The van der Waals surface area contributed by atoms with Gasteiger partial charge >= 0.3 is 0 Å². The van der Waals surface area contributed by atoms with Gasteiger partial charge in [0.1, 0.15) is 0 Å². The highest BCUT2D eigenvalue weighted by Crippen LogP contribution is 2.21. The molecular weight excluding hydrogens is 364 g/mol. The summed E-state index contributed by atoms with van der Waals surface area (Å²) in [6, 6.07) is 4.23. The second kappa shape index (κ2) is 14.6. The standard InChI is InChI=1S/C24H40N2OS/c1-5-6-7-8-9-10-11-12-13-14-15-16-22(27)25-24(28)26-23-20(3)17-19(2)18-21(23)4/h17-18H,5-16H2,1-4H3,(H2,25,26,27,28). The van der Waals surface area contributed by atoms with Crippen molar-refractivity contribution in [1.29, 1.82) is 0 Å². The molecule has 0 saturated carbocycles. The van der Waals surface area contributed by atoms with E-state index in [1.165, 1.54) is 63.4 Å². The van der Waals surface area contributed by atoms with Crippen LogP contribution in [0.25, 0.3) is 0 Å². The maximum absolute atomic E-state index is 12.1. The van der Waals surface area contributed by atoms with Gasteiger partial charge in [0, 0.05) is 12.1 Å². The lowest BCUT2D eigenvalue weighted by Gasteiger charge is -2.15. The predicted molar refractivity (Wildman–Crippen MR) is 126 cm³/mol. The summed E-state index contributed by atoms with van der Waals surface area (Å²) in [6.45, 7) is 8.45. The fraction of sp³-hybridized carbons (Fsp3) is 0.667. The highest BCUT2D eigenvalue weighted by Gasteiger charge is 2.08. The van der Waals surface area contributed by atoms with Gasteiger partial charge in [0.2, 0.25) is 5.91 Å². The van der Waals surface area contributed by atoms with E-state index in [-0.39, 0.29) is 5.91 Å². The van der Waals surface area contributed by atoms with Gasteiger partial charge in [-0.1, -0.05) is 88.8 Å². The largest absolute Gasteiger partial charge is 0.332 e. The lowest BCUT2D eigenvalue weighted by atomic mass is 10.1. The Hall–Kier alpha value is -1.42. The van der Waals surface area contributed by atoms with Gasteiger partial charge in [-0.2, -0.15) is 0 Å². The maximum Gasteiger partial charge on any atom is 0.226 e. The molecule has 4 heteroatoms. The molecule has 0 aliphatic carbocycles. The van der Waals surface area contributed by atoms with E-state index in [1.54, 1.807) is 0 Å². The Morgan fingerprint density at radius 1 is 0.821 bits per heavy atom. The van der Waals surface area contributed by atoms with Crippen molar-refractivity contribution in [3.05, 3.63) is 28.8 Å². The molecule has 3 nitrogen and oxygen atoms in total. The van der Waals surface area contributed by atoms with Crippen LogP contribution >= 0.6 is 12.2 Å². The Balaban J connectivity index is 2.10. The zero-order valence-corrected chi connectivity index (χ0v) is 19.3. The van der Waals surface area contributed by atoms with Crippen molar-refractivity contribution in [3.8, 4) is 0 Å². The number of nitrogens with one attached hydrogen (secondary N) is 2. The number of anilines is 1. The van der Waals surface area contributed by atoms with E-state index < -0.39 is 0 Å². The van der Waals surface area contributed by atoms with Gasteiger partial charge in [0.25, 0.3) is 0 Å². The summed E-state index contributed by atoms with van der Waals surface area (Å²) in [6.07, 6.45) is 14.7. The number of benzene rings is 1. The average molecular weight is 405 g/mol. The molecule has 0 radical (unpaired) electrons. The summed E-state index contributed by atoms with van der Waals surface area (Å²) in [5.41, 5.74) is 4.50. The first-order chi connectivity index (χ1) is 13.4. The molecule has 0 heterocycles. The third kappa shape index (κ3) is 10.8. The fourth-order valence-electron chi connectivity index (χ4n) is 3.66. The molecule has 0 saturated heterocycles. The number of thiocarbonyl (C=S) groups is 1. The molecule has 1 aromatic carbocycles. The molecule has 1 aromatic rings. The maximum atomic E-state index is 12.1. The summed E-state index contributed by atoms with van der Waals surface area (Å²) in [5, 5.41) is 6.39. The number of carbonyl (C=O) groups excluding carboxylic acids is 1. The third-order valence-electron chi connectivity index (χ3n) is 5.18. The zero-order chi connectivity index (χ0) is 20.8. The van der Waals surface area contributed by atoms with Crippen LogP contribution in [0, 0.1) is 20.8 Å². The number of hydrogen-bond acceptors (Lipinski definition) is 2. The normalized spacial score (nSPS) is 10.7. The molecule has 158 valence electrons. The van der Waals surface area contributed by atoms with Crippen LogP contribution in [0.2, 0.25) is 0 Å². The van der Waals surface area contributed by atoms with Crippen LogP contribution in [0.15, 0.2) is 12.1 Å². The molecule has 1 rings (SSSR count). The minimum atomic E-state index is 0.0100. The molecule has 0 bridgehead atoms. The van der Waals surface area contributed by atoms with Gasteiger partial charge in [-0.25, -0.2) is 0 Å². The molecule has 0 aromatic heterocycles. The molecule has 0 atom stereocenters. The van der Waals surface area contributed by atoms with Crippen LogP contribution in [0.4, 0.5) is 5.69 Å². The summed E-state index contributed by atoms with van der Waals surface area (Å²) >= 11 is 5.31. The third-order valence-corrected chi connectivity index (χ3v) is 5.38. The molecule has 0 fully saturated rings. The van der Waals surface area contributed by atoms with Crippen molar-refractivity contribution in [2.45, 2.75) is 105 Å². The number of unbranched alkanes of at least 4 members (excludes halogenated alkanes) is 10. The summed E-state index contributed by atoms with van der Waals surface area (Å²) < 4.78 is 0. The minimum absolute atomic E-state index is 0.0100. The Labute approximate surface area is 178 Å². The first-order valence-corrected chi connectivity index (χ1v) is 11.5. The second-order valence-electron chi connectivity index (χ2n) is 8.06. The quantitative estimate of drug-likeness (QED) is 0.271. The molecule has 0 unspecified atom stereocenters. The number of rotatable bonds is 13. The molecule has 2 N–H and O–H groups in total. The Morgan fingerprint density at radius 3 is 1.79 bits per heavy atom. The molecule has 28 heavy (non-hydrogen) atoms. The SMILES string of the molecule is CCCCCCCCCCCCCC(=O)NC(=S)Nc1c(C)cc(C)cc1C. The lowest BCUT2D eigenvalue weighted by molar-refractivity contribution is -0.119. The van der Waals surface area contributed by atoms with Gasteiger partial charge in [0.15, 0.2) is 5.11 Å². The van der Waals surface area contributed by atoms with Gasteiger partial charge in [-0.15, -0.1) is 0 Å². The zero-order valence-electron chi connectivity index (χ0n) is 18.5. The van der Waals surface area contributed by atoms with E-state index >= 15 is 0 Å². The highest BCUT2D eigenvalue weighted by molar-refractivity contribution is 7.80. The number of carbonyl (C=O) groups is 1. The van der Waals surface area contributed by atoms with Crippen LogP contribution in [0.5, 0.6) is 0 Å². The van der Waals surface area contributed by atoms with Crippen LogP contribution < -0.4 is 10.6 Å². The van der Waals surface area contributed by atoms with Gasteiger partial charge < -0.3 is 10.6 Å². The number of aryl methyl sites for hydroxylation is 3. The highest BCUT2D eigenvalue weighted by atomic mass is 32.1. The molecular formula is C24H40N2OS. The molecule has 1 amide bonds. The smallest absolute Gasteiger partial charge is 0.226 e. The fourth-order valence-corrected chi connectivity index (χ4v) is 3.88. The predicted octanol–water partition coefficient (Wildman–Crippen LogP) is 7.13. The topological polar surface area (TPSA) is 41.1 Å². The average Bonchev–Trinajstić information content (AvgIpc) is 2.62. The summed E-state index contributed by atoms with van der Waals surface area (Å²) in [5.74, 6) is 0.0100. The van der Waals surface area contributed by atoms with Crippen LogP contribution in [-0.2, 0) is 4.79 Å². The Kier molecular flexibility index (Phi) is 12.8. The van der Waals surface area contributed by atoms with Crippen molar-refractivity contribution in [2.75, 3.05) is 5.32 Å². The Morgan fingerprint density at radius 2 is 1.29 bits per heavy atom. The number of hydrogen-bond donors (Lipinski definition) is 2. The van der Waals surface area contributed by atoms with Crippen molar-refractivity contribution >= 4 is 28.9 Å². The monoisotopic (exact) mass is 404 g/mol. The van der Waals surface area contributed by atoms with Gasteiger partial charge in [-0.05, 0) is 50.5 Å². The van der Waals surface area contributed by atoms with E-state index in [2.05, 4.69) is 50.5 Å². The van der Waals surface area contributed by atoms with E-state index in [4.69, 9.17) is 12.2 Å². The molecule has 0 spiro atoms. The van der Waals surface area contributed by atoms with Crippen LogP contribution in [0.3, 0.4) is 0 Å². The van der Waals surface area contributed by atoms with E-state index in [0.29, 0.717) is 11.5 Å². The van der Waals surface area contributed by atoms with Crippen molar-refractivity contribution in [1.82, 2.24) is 5.32 Å². The minimum Gasteiger partial charge on any atom is -0.332 e. The van der Waals surface area contributed by atoms with Crippen LogP contribution in [-0.4, -0.2) is 11.0 Å². The van der Waals surface area contributed by atoms with Crippen molar-refractivity contribution in [3.63, 3.8) is 0 Å². The first-order valence-electron chi connectivity index (χ1n) is 11.1. The lowest BCUT2D eigenvalue weighted by Crippen LogP contribution is -2.34. The Bertz CT molecular complexity index is 590.